The topological polar surface area (TPSA) is 111 Å². The summed E-state index contributed by atoms with van der Waals surface area (Å²) >= 11 is 8.69. The number of hydrogen-bond donors (Lipinski definition) is 1. The average Bonchev–Trinajstić information content (AvgIpc) is 3.74. The Hall–Kier alpha value is -4.06. The Morgan fingerprint density at radius 2 is 1.87 bits per heavy atom. The number of ketones is 1. The molecule has 238 valence electrons. The Balaban J connectivity index is 1.42. The SMILES string of the molecule is CCCOc1ccc([C@@H]2C(=C(O)c3ccc4c(c3)C[C@@H](C)O4)C(=O)C(=O)N2c2nnc(SCc3ccc(Cl)cc3)s2)cc1OCC. The summed E-state index contributed by atoms with van der Waals surface area (Å²) in [6.07, 6.45) is 1.49. The molecule has 0 aliphatic carbocycles. The van der Waals surface area contributed by atoms with Crippen molar-refractivity contribution in [3.05, 3.63) is 93.5 Å². The fourth-order valence-electron chi connectivity index (χ4n) is 5.45. The molecule has 1 aromatic heterocycles. The van der Waals surface area contributed by atoms with Crippen LogP contribution >= 0.6 is 34.7 Å². The van der Waals surface area contributed by atoms with Gasteiger partial charge in [0.1, 0.15) is 17.6 Å². The molecule has 9 nitrogen and oxygen atoms in total. The van der Waals surface area contributed by atoms with Crippen molar-refractivity contribution in [2.45, 2.75) is 55.9 Å². The Morgan fingerprint density at radius 1 is 1.07 bits per heavy atom. The van der Waals surface area contributed by atoms with E-state index in [4.69, 9.17) is 25.8 Å². The zero-order valence-corrected chi connectivity index (χ0v) is 27.9. The standard InChI is InChI=1S/C34H32ClN3O6S2/c1-4-14-43-26-13-8-21(17-27(26)42-5-2)29-28(30(39)22-9-12-25-23(16-22)15-19(3)44-25)31(40)32(41)38(29)33-36-37-34(46-33)45-18-20-6-10-24(35)11-7-20/h6-13,16-17,19,29,39H,4-5,14-15,18H2,1-3H3/t19-,29-/m1/s1. The minimum absolute atomic E-state index is 0.00700. The third kappa shape index (κ3) is 6.44. The van der Waals surface area contributed by atoms with Gasteiger partial charge in [-0.2, -0.15) is 0 Å². The quantitative estimate of drug-likeness (QED) is 0.0563. The van der Waals surface area contributed by atoms with Crippen LogP contribution in [-0.2, 0) is 21.8 Å². The van der Waals surface area contributed by atoms with Crippen molar-refractivity contribution in [3.63, 3.8) is 0 Å². The molecule has 2 aliphatic heterocycles. The first-order chi connectivity index (χ1) is 22.3. The maximum atomic E-state index is 13.8. The Kier molecular flexibility index (Phi) is 9.53. The number of rotatable bonds is 11. The van der Waals surface area contributed by atoms with Gasteiger partial charge in [-0.1, -0.05) is 59.8 Å². The molecule has 2 atom stereocenters. The molecule has 0 saturated carbocycles. The maximum absolute atomic E-state index is 13.8. The normalized spacial score (nSPS) is 18.5. The zero-order valence-electron chi connectivity index (χ0n) is 25.5. The summed E-state index contributed by atoms with van der Waals surface area (Å²) in [7, 11) is 0. The van der Waals surface area contributed by atoms with Crippen LogP contribution in [0.4, 0.5) is 5.13 Å². The number of carbonyl (C=O) groups excluding carboxylic acids is 2. The molecule has 4 aromatic rings. The van der Waals surface area contributed by atoms with Crippen LogP contribution in [0.1, 0.15) is 55.5 Å². The molecule has 6 rings (SSSR count). The predicted octanol–water partition coefficient (Wildman–Crippen LogP) is 7.62. The van der Waals surface area contributed by atoms with Crippen molar-refractivity contribution < 1.29 is 28.9 Å². The molecule has 2 aliphatic rings. The number of benzene rings is 3. The third-order valence-corrected chi connectivity index (χ3v) is 9.92. The van der Waals surface area contributed by atoms with E-state index in [1.54, 1.807) is 30.3 Å². The van der Waals surface area contributed by atoms with E-state index in [2.05, 4.69) is 10.2 Å². The molecule has 3 heterocycles. The van der Waals surface area contributed by atoms with Gasteiger partial charge in [-0.05, 0) is 79.4 Å². The first-order valence-electron chi connectivity index (χ1n) is 15.0. The van der Waals surface area contributed by atoms with Gasteiger partial charge >= 0.3 is 5.91 Å². The number of Topliss-reactive ketones (excluding diaryl/α,β-unsaturated/α-hetero) is 1. The van der Waals surface area contributed by atoms with E-state index < -0.39 is 17.7 Å². The van der Waals surface area contributed by atoms with Gasteiger partial charge in [-0.3, -0.25) is 14.5 Å². The van der Waals surface area contributed by atoms with Gasteiger partial charge in [0, 0.05) is 22.8 Å². The number of hydrogen-bond acceptors (Lipinski definition) is 10. The number of aliphatic hydroxyl groups is 1. The van der Waals surface area contributed by atoms with E-state index in [0.29, 0.717) is 57.4 Å². The number of aromatic nitrogens is 2. The monoisotopic (exact) mass is 677 g/mol. The summed E-state index contributed by atoms with van der Waals surface area (Å²) in [6, 6.07) is 17.1. The summed E-state index contributed by atoms with van der Waals surface area (Å²) in [5.41, 5.74) is 2.90. The van der Waals surface area contributed by atoms with E-state index in [1.165, 1.54) is 28.0 Å². The zero-order chi connectivity index (χ0) is 32.4. The molecule has 1 saturated heterocycles. The van der Waals surface area contributed by atoms with Gasteiger partial charge < -0.3 is 19.3 Å². The molecule has 1 amide bonds. The van der Waals surface area contributed by atoms with Gasteiger partial charge in [0.2, 0.25) is 5.13 Å². The predicted molar refractivity (Wildman–Crippen MR) is 179 cm³/mol. The van der Waals surface area contributed by atoms with E-state index in [-0.39, 0.29) is 22.6 Å². The van der Waals surface area contributed by atoms with Crippen LogP contribution in [-0.4, -0.2) is 46.3 Å². The fraction of sp³-hybridized carbons (Fsp3) is 0.294. The number of nitrogens with zero attached hydrogens (tertiary/aromatic N) is 3. The summed E-state index contributed by atoms with van der Waals surface area (Å²) in [5.74, 6) is 0.475. The largest absolute Gasteiger partial charge is 0.507 e. The second-order valence-corrected chi connectivity index (χ2v) is 13.5. The van der Waals surface area contributed by atoms with Crippen LogP contribution in [0.5, 0.6) is 17.2 Å². The van der Waals surface area contributed by atoms with Crippen molar-refractivity contribution in [2.24, 2.45) is 0 Å². The number of thioether (sulfide) groups is 1. The molecule has 0 spiro atoms. The van der Waals surface area contributed by atoms with Gasteiger partial charge in [0.15, 0.2) is 15.8 Å². The Morgan fingerprint density at radius 3 is 2.63 bits per heavy atom. The highest BCUT2D eigenvalue weighted by molar-refractivity contribution is 8.00. The first kappa shape index (κ1) is 31.9. The van der Waals surface area contributed by atoms with Crippen molar-refractivity contribution in [2.75, 3.05) is 18.1 Å². The van der Waals surface area contributed by atoms with Crippen LogP contribution in [0.2, 0.25) is 5.02 Å². The van der Waals surface area contributed by atoms with E-state index in [1.807, 2.05) is 51.1 Å². The van der Waals surface area contributed by atoms with Crippen LogP contribution in [0.25, 0.3) is 5.76 Å². The Bertz CT molecular complexity index is 1810. The lowest BCUT2D eigenvalue weighted by atomic mass is 9.94. The van der Waals surface area contributed by atoms with Crippen molar-refractivity contribution in [1.29, 1.82) is 0 Å². The van der Waals surface area contributed by atoms with E-state index >= 15 is 0 Å². The summed E-state index contributed by atoms with van der Waals surface area (Å²) < 4.78 is 18.3. The number of aliphatic hydroxyl groups excluding tert-OH is 1. The van der Waals surface area contributed by atoms with Crippen LogP contribution in [0.3, 0.4) is 0 Å². The molecular weight excluding hydrogens is 646 g/mol. The van der Waals surface area contributed by atoms with Crippen molar-refractivity contribution >= 4 is 57.3 Å². The fourth-order valence-corrected chi connectivity index (χ4v) is 7.40. The maximum Gasteiger partial charge on any atom is 0.301 e. The highest BCUT2D eigenvalue weighted by Crippen LogP contribution is 2.46. The number of ether oxygens (including phenoxy) is 3. The molecule has 3 aromatic carbocycles. The van der Waals surface area contributed by atoms with Crippen molar-refractivity contribution in [1.82, 2.24) is 10.2 Å². The number of fused-ring (bicyclic) bond motifs is 1. The van der Waals surface area contributed by atoms with Gasteiger partial charge in [-0.15, -0.1) is 10.2 Å². The molecule has 1 N–H and O–H groups in total. The molecule has 0 bridgehead atoms. The van der Waals surface area contributed by atoms with Gasteiger partial charge in [0.05, 0.1) is 24.8 Å². The molecule has 0 radical (unpaired) electrons. The highest BCUT2D eigenvalue weighted by Gasteiger charge is 2.48. The minimum atomic E-state index is -0.995. The van der Waals surface area contributed by atoms with E-state index in [9.17, 15) is 14.7 Å². The summed E-state index contributed by atoms with van der Waals surface area (Å²) in [6.45, 7) is 6.73. The van der Waals surface area contributed by atoms with E-state index in [0.717, 1.165) is 23.3 Å². The lowest BCUT2D eigenvalue weighted by Gasteiger charge is -2.23. The number of amides is 1. The number of anilines is 1. The molecule has 1 fully saturated rings. The molecule has 46 heavy (non-hydrogen) atoms. The summed E-state index contributed by atoms with van der Waals surface area (Å²) in [5, 5.41) is 21.3. The van der Waals surface area contributed by atoms with Crippen LogP contribution in [0.15, 0.2) is 70.6 Å². The first-order valence-corrected chi connectivity index (χ1v) is 17.2. The second-order valence-electron chi connectivity index (χ2n) is 10.9. The Labute approximate surface area is 280 Å². The van der Waals surface area contributed by atoms with Crippen LogP contribution in [0, 0.1) is 0 Å². The number of halogens is 1. The number of carbonyl (C=O) groups is 2. The minimum Gasteiger partial charge on any atom is -0.507 e. The average molecular weight is 678 g/mol. The summed E-state index contributed by atoms with van der Waals surface area (Å²) in [4.78, 5) is 28.9. The smallest absolute Gasteiger partial charge is 0.301 e. The van der Waals surface area contributed by atoms with Gasteiger partial charge in [0.25, 0.3) is 5.78 Å². The highest BCUT2D eigenvalue weighted by atomic mass is 35.5. The molecular formula is C34H32ClN3O6S2. The molecule has 0 unspecified atom stereocenters. The van der Waals surface area contributed by atoms with Gasteiger partial charge in [-0.25, -0.2) is 0 Å². The lowest BCUT2D eigenvalue weighted by molar-refractivity contribution is -0.132. The second kappa shape index (κ2) is 13.7. The van der Waals surface area contributed by atoms with Crippen molar-refractivity contribution in [3.8, 4) is 17.2 Å². The third-order valence-electron chi connectivity index (χ3n) is 7.54. The molecule has 12 heteroatoms. The van der Waals surface area contributed by atoms with Crippen LogP contribution < -0.4 is 19.1 Å². The lowest BCUT2D eigenvalue weighted by Crippen LogP contribution is -2.29.